The standard InChI is InChI=1S/C11H16N4O/c1-8-11(9(2)16-14-8)6-15-7-13-5-10(15)3-4-12/h5,7H,3-4,6,12H2,1-2H3. The SMILES string of the molecule is Cc1noc(C)c1Cn1cncc1CCN. The highest BCUT2D eigenvalue weighted by Crippen LogP contribution is 2.15. The normalized spacial score (nSPS) is 10.9. The third-order valence-electron chi connectivity index (χ3n) is 2.71. The van der Waals surface area contributed by atoms with Crippen LogP contribution >= 0.6 is 0 Å². The number of hydrogen-bond donors (Lipinski definition) is 1. The number of imidazole rings is 1. The maximum Gasteiger partial charge on any atom is 0.138 e. The number of hydrogen-bond acceptors (Lipinski definition) is 4. The third-order valence-corrected chi connectivity index (χ3v) is 2.71. The second kappa shape index (κ2) is 4.49. The van der Waals surface area contributed by atoms with E-state index >= 15 is 0 Å². The summed E-state index contributed by atoms with van der Waals surface area (Å²) in [5.41, 5.74) is 8.75. The number of nitrogens with zero attached hydrogens (tertiary/aromatic N) is 3. The van der Waals surface area contributed by atoms with Crippen LogP contribution in [-0.4, -0.2) is 21.3 Å². The number of rotatable bonds is 4. The van der Waals surface area contributed by atoms with Gasteiger partial charge in [0.05, 0.1) is 18.6 Å². The van der Waals surface area contributed by atoms with Crippen molar-refractivity contribution in [3.05, 3.63) is 35.2 Å². The molecular weight excluding hydrogens is 204 g/mol. The van der Waals surface area contributed by atoms with Gasteiger partial charge in [0.2, 0.25) is 0 Å². The Kier molecular flexibility index (Phi) is 3.05. The van der Waals surface area contributed by atoms with Gasteiger partial charge in [-0.1, -0.05) is 5.16 Å². The quantitative estimate of drug-likeness (QED) is 0.835. The van der Waals surface area contributed by atoms with Gasteiger partial charge in [-0.25, -0.2) is 4.98 Å². The van der Waals surface area contributed by atoms with Gasteiger partial charge in [0.15, 0.2) is 0 Å². The van der Waals surface area contributed by atoms with E-state index in [9.17, 15) is 0 Å². The van der Waals surface area contributed by atoms with E-state index in [1.807, 2.05) is 26.4 Å². The molecular formula is C11H16N4O. The van der Waals surface area contributed by atoms with Crippen molar-refractivity contribution < 1.29 is 4.52 Å². The van der Waals surface area contributed by atoms with Crippen LogP contribution in [-0.2, 0) is 13.0 Å². The predicted molar refractivity (Wildman–Crippen MR) is 60.1 cm³/mol. The van der Waals surface area contributed by atoms with Crippen LogP contribution < -0.4 is 5.73 Å². The van der Waals surface area contributed by atoms with Crippen molar-refractivity contribution in [3.63, 3.8) is 0 Å². The summed E-state index contributed by atoms with van der Waals surface area (Å²) in [5.74, 6) is 0.866. The van der Waals surface area contributed by atoms with Crippen molar-refractivity contribution in [2.45, 2.75) is 26.8 Å². The summed E-state index contributed by atoms with van der Waals surface area (Å²) in [6.45, 7) is 5.25. The van der Waals surface area contributed by atoms with Gasteiger partial charge in [-0.05, 0) is 20.4 Å². The molecule has 0 atom stereocenters. The molecule has 0 fully saturated rings. The summed E-state index contributed by atoms with van der Waals surface area (Å²) < 4.78 is 7.22. The fourth-order valence-corrected chi connectivity index (χ4v) is 1.74. The number of aryl methyl sites for hydroxylation is 2. The zero-order valence-electron chi connectivity index (χ0n) is 9.60. The Morgan fingerprint density at radius 3 is 2.88 bits per heavy atom. The van der Waals surface area contributed by atoms with Crippen molar-refractivity contribution in [2.24, 2.45) is 5.73 Å². The fraction of sp³-hybridized carbons (Fsp3) is 0.455. The Morgan fingerprint density at radius 1 is 1.44 bits per heavy atom. The van der Waals surface area contributed by atoms with Gasteiger partial charge >= 0.3 is 0 Å². The second-order valence-electron chi connectivity index (χ2n) is 3.85. The lowest BCUT2D eigenvalue weighted by Gasteiger charge is -2.06. The van der Waals surface area contributed by atoms with Crippen molar-refractivity contribution in [3.8, 4) is 0 Å². The molecule has 0 radical (unpaired) electrons. The van der Waals surface area contributed by atoms with Crippen LogP contribution in [0.1, 0.15) is 22.7 Å². The van der Waals surface area contributed by atoms with E-state index in [4.69, 9.17) is 10.3 Å². The number of aromatic nitrogens is 3. The van der Waals surface area contributed by atoms with Crippen molar-refractivity contribution >= 4 is 0 Å². The van der Waals surface area contributed by atoms with Gasteiger partial charge in [0.1, 0.15) is 5.76 Å². The van der Waals surface area contributed by atoms with E-state index in [0.717, 1.165) is 35.7 Å². The monoisotopic (exact) mass is 220 g/mol. The predicted octanol–water partition coefficient (Wildman–Crippen LogP) is 1.04. The summed E-state index contributed by atoms with van der Waals surface area (Å²) >= 11 is 0. The molecule has 0 bridgehead atoms. The molecule has 2 N–H and O–H groups in total. The fourth-order valence-electron chi connectivity index (χ4n) is 1.74. The summed E-state index contributed by atoms with van der Waals surface area (Å²) in [5, 5.41) is 3.94. The smallest absolute Gasteiger partial charge is 0.138 e. The lowest BCUT2D eigenvalue weighted by atomic mass is 10.2. The van der Waals surface area contributed by atoms with Gasteiger partial charge < -0.3 is 14.8 Å². The van der Waals surface area contributed by atoms with Gasteiger partial charge in [0.25, 0.3) is 0 Å². The van der Waals surface area contributed by atoms with Crippen LogP contribution in [0.25, 0.3) is 0 Å². The molecule has 0 spiro atoms. The van der Waals surface area contributed by atoms with Gasteiger partial charge in [-0.3, -0.25) is 0 Å². The van der Waals surface area contributed by atoms with E-state index in [-0.39, 0.29) is 0 Å². The molecule has 5 nitrogen and oxygen atoms in total. The van der Waals surface area contributed by atoms with E-state index in [1.165, 1.54) is 0 Å². The van der Waals surface area contributed by atoms with Crippen LogP contribution in [0, 0.1) is 13.8 Å². The lowest BCUT2D eigenvalue weighted by Crippen LogP contribution is -2.09. The Bertz CT molecular complexity index is 453. The Labute approximate surface area is 94.3 Å². The van der Waals surface area contributed by atoms with Crippen LogP contribution in [0.15, 0.2) is 17.0 Å². The second-order valence-corrected chi connectivity index (χ2v) is 3.85. The van der Waals surface area contributed by atoms with E-state index < -0.39 is 0 Å². The molecule has 2 aromatic rings. The van der Waals surface area contributed by atoms with Crippen LogP contribution in [0.4, 0.5) is 0 Å². The van der Waals surface area contributed by atoms with E-state index in [0.29, 0.717) is 6.54 Å². The molecule has 0 unspecified atom stereocenters. The Morgan fingerprint density at radius 2 is 2.25 bits per heavy atom. The minimum atomic E-state index is 0.632. The first kappa shape index (κ1) is 10.9. The van der Waals surface area contributed by atoms with Crippen LogP contribution in [0.5, 0.6) is 0 Å². The largest absolute Gasteiger partial charge is 0.361 e. The molecule has 0 saturated carbocycles. The van der Waals surface area contributed by atoms with Gasteiger partial charge in [0, 0.05) is 23.9 Å². The van der Waals surface area contributed by atoms with Gasteiger partial charge in [-0.15, -0.1) is 0 Å². The van der Waals surface area contributed by atoms with Crippen molar-refractivity contribution in [1.82, 2.24) is 14.7 Å². The third kappa shape index (κ3) is 1.99. The van der Waals surface area contributed by atoms with Crippen molar-refractivity contribution in [1.29, 1.82) is 0 Å². The van der Waals surface area contributed by atoms with E-state index in [1.54, 1.807) is 0 Å². The molecule has 0 aromatic carbocycles. The van der Waals surface area contributed by atoms with Crippen LogP contribution in [0.2, 0.25) is 0 Å². The molecule has 2 rings (SSSR count). The van der Waals surface area contributed by atoms with E-state index in [2.05, 4.69) is 14.7 Å². The molecule has 0 amide bonds. The van der Waals surface area contributed by atoms with Crippen molar-refractivity contribution in [2.75, 3.05) is 6.54 Å². The number of nitrogens with two attached hydrogens (primary N) is 1. The summed E-state index contributed by atoms with van der Waals surface area (Å²) in [6.07, 6.45) is 4.51. The molecule has 0 aliphatic rings. The first-order chi connectivity index (χ1) is 7.72. The molecule has 16 heavy (non-hydrogen) atoms. The van der Waals surface area contributed by atoms with Crippen LogP contribution in [0.3, 0.4) is 0 Å². The van der Waals surface area contributed by atoms with Gasteiger partial charge in [-0.2, -0.15) is 0 Å². The maximum absolute atomic E-state index is 5.55. The topological polar surface area (TPSA) is 69.9 Å². The first-order valence-corrected chi connectivity index (χ1v) is 5.33. The average Bonchev–Trinajstić information content (AvgIpc) is 2.81. The first-order valence-electron chi connectivity index (χ1n) is 5.33. The summed E-state index contributed by atoms with van der Waals surface area (Å²) in [6, 6.07) is 0. The molecule has 86 valence electrons. The highest BCUT2D eigenvalue weighted by molar-refractivity contribution is 5.21. The molecule has 2 aromatic heterocycles. The summed E-state index contributed by atoms with van der Waals surface area (Å²) in [4.78, 5) is 4.14. The molecule has 5 heteroatoms. The minimum Gasteiger partial charge on any atom is -0.361 e. The Balaban J connectivity index is 2.23. The average molecular weight is 220 g/mol. The minimum absolute atomic E-state index is 0.632. The zero-order chi connectivity index (χ0) is 11.5. The highest BCUT2D eigenvalue weighted by Gasteiger charge is 2.11. The highest BCUT2D eigenvalue weighted by atomic mass is 16.5. The molecule has 2 heterocycles. The molecule has 0 aliphatic heterocycles. The molecule has 0 saturated heterocycles. The Hall–Kier alpha value is -1.62. The molecule has 0 aliphatic carbocycles. The maximum atomic E-state index is 5.55. The zero-order valence-corrected chi connectivity index (χ0v) is 9.60. The summed E-state index contributed by atoms with van der Waals surface area (Å²) in [7, 11) is 0. The lowest BCUT2D eigenvalue weighted by molar-refractivity contribution is 0.392.